The maximum atomic E-state index is 9.98. The number of halogens is 2. The summed E-state index contributed by atoms with van der Waals surface area (Å²) in [5, 5.41) is 9.96. The van der Waals surface area contributed by atoms with Gasteiger partial charge in [0.2, 0.25) is 0 Å². The molecule has 0 saturated carbocycles. The topological polar surface area (TPSA) is 55.2 Å². The van der Waals surface area contributed by atoms with E-state index in [1.807, 2.05) is 5.43 Å². The molecule has 0 aromatic heterocycles. The van der Waals surface area contributed by atoms with Crippen molar-refractivity contribution in [3.63, 3.8) is 0 Å². The first-order valence-electron chi connectivity index (χ1n) is 2.95. The monoisotopic (exact) mass is 206 g/mol. The Bertz CT molecular complexity index is 316. The van der Waals surface area contributed by atoms with Gasteiger partial charge < -0.3 is 0 Å². The van der Waals surface area contributed by atoms with Crippen LogP contribution in [-0.4, -0.2) is 5.03 Å². The second-order valence-corrected chi connectivity index (χ2v) is 2.81. The lowest BCUT2D eigenvalue weighted by Gasteiger charge is -1.98. The number of hydrazine groups is 1. The van der Waals surface area contributed by atoms with Crippen LogP contribution >= 0.6 is 23.2 Å². The highest BCUT2D eigenvalue weighted by atomic mass is 35.5. The minimum atomic E-state index is -0.667. The lowest BCUT2D eigenvalue weighted by Crippen LogP contribution is -2.07. The van der Waals surface area contributed by atoms with Gasteiger partial charge in [0.25, 0.3) is 0 Å². The van der Waals surface area contributed by atoms with Crippen molar-refractivity contribution in [1.82, 2.24) is 0 Å². The van der Waals surface area contributed by atoms with Crippen LogP contribution in [-0.2, 0) is 0 Å². The Kier molecular flexibility index (Phi) is 2.73. The molecule has 6 heteroatoms. The molecule has 64 valence electrons. The SMILES string of the molecule is O=[N+]([O-])Nc1ccc(Cl)c(Cl)c1. The fraction of sp³-hybridized carbons (Fsp3) is 0. The third-order valence-electron chi connectivity index (χ3n) is 1.14. The molecule has 1 aromatic carbocycles. The van der Waals surface area contributed by atoms with Crippen molar-refractivity contribution >= 4 is 28.9 Å². The highest BCUT2D eigenvalue weighted by Crippen LogP contribution is 2.24. The number of hydrogen-bond donors (Lipinski definition) is 1. The van der Waals surface area contributed by atoms with E-state index in [0.717, 1.165) is 0 Å². The van der Waals surface area contributed by atoms with Crippen LogP contribution in [0.5, 0.6) is 0 Å². The highest BCUT2D eigenvalue weighted by Gasteiger charge is 2.02. The fourth-order valence-electron chi connectivity index (χ4n) is 0.671. The molecule has 0 aliphatic carbocycles. The van der Waals surface area contributed by atoms with Gasteiger partial charge >= 0.3 is 0 Å². The Morgan fingerprint density at radius 3 is 2.50 bits per heavy atom. The molecule has 0 bridgehead atoms. The van der Waals surface area contributed by atoms with Crippen LogP contribution in [0.2, 0.25) is 10.0 Å². The van der Waals surface area contributed by atoms with E-state index in [2.05, 4.69) is 0 Å². The Hall–Kier alpha value is -1.000. The third-order valence-corrected chi connectivity index (χ3v) is 1.88. The zero-order valence-corrected chi connectivity index (χ0v) is 7.26. The molecule has 1 aromatic rings. The summed E-state index contributed by atoms with van der Waals surface area (Å²) in [4.78, 5) is 9.98. The first-order chi connectivity index (χ1) is 5.59. The molecule has 0 heterocycles. The summed E-state index contributed by atoms with van der Waals surface area (Å²) in [5.41, 5.74) is 2.25. The largest absolute Gasteiger partial charge is 0.235 e. The minimum absolute atomic E-state index is 0.281. The van der Waals surface area contributed by atoms with E-state index in [9.17, 15) is 10.1 Å². The predicted molar refractivity (Wildman–Crippen MR) is 47.1 cm³/mol. The van der Waals surface area contributed by atoms with Gasteiger partial charge in [-0.15, -0.1) is 5.43 Å². The molecular weight excluding hydrogens is 203 g/mol. The summed E-state index contributed by atoms with van der Waals surface area (Å²) >= 11 is 11.2. The van der Waals surface area contributed by atoms with E-state index in [0.29, 0.717) is 10.7 Å². The average molecular weight is 207 g/mol. The van der Waals surface area contributed by atoms with Gasteiger partial charge in [0.1, 0.15) is 5.69 Å². The van der Waals surface area contributed by atoms with Gasteiger partial charge in [-0.1, -0.05) is 23.2 Å². The zero-order valence-electron chi connectivity index (χ0n) is 5.75. The predicted octanol–water partition coefficient (Wildman–Crippen LogP) is 2.60. The number of rotatable bonds is 2. The second-order valence-electron chi connectivity index (χ2n) is 2.00. The Balaban J connectivity index is 2.89. The van der Waals surface area contributed by atoms with E-state index in [1.165, 1.54) is 18.2 Å². The van der Waals surface area contributed by atoms with Crippen molar-refractivity contribution in [2.45, 2.75) is 0 Å². The maximum absolute atomic E-state index is 9.98. The quantitative estimate of drug-likeness (QED) is 0.598. The molecule has 0 atom stereocenters. The van der Waals surface area contributed by atoms with Gasteiger partial charge in [0.15, 0.2) is 5.03 Å². The molecular formula is C6H4Cl2N2O2. The molecule has 0 saturated heterocycles. The van der Waals surface area contributed by atoms with E-state index in [1.54, 1.807) is 0 Å². The number of nitro groups is 1. The third kappa shape index (κ3) is 2.25. The highest BCUT2D eigenvalue weighted by molar-refractivity contribution is 6.42. The van der Waals surface area contributed by atoms with Gasteiger partial charge in [-0.3, -0.25) is 0 Å². The van der Waals surface area contributed by atoms with Crippen molar-refractivity contribution < 1.29 is 5.03 Å². The number of anilines is 1. The van der Waals surface area contributed by atoms with E-state index in [-0.39, 0.29) is 5.02 Å². The Morgan fingerprint density at radius 2 is 2.00 bits per heavy atom. The van der Waals surface area contributed by atoms with Gasteiger partial charge in [0, 0.05) is 0 Å². The van der Waals surface area contributed by atoms with Gasteiger partial charge in [-0.2, -0.15) is 0 Å². The summed E-state index contributed by atoms with van der Waals surface area (Å²) in [5.74, 6) is 0. The van der Waals surface area contributed by atoms with Gasteiger partial charge in [-0.25, -0.2) is 10.1 Å². The molecule has 0 aliphatic heterocycles. The molecule has 0 spiro atoms. The maximum Gasteiger partial charge on any atom is 0.162 e. The summed E-state index contributed by atoms with van der Waals surface area (Å²) in [7, 11) is 0. The average Bonchev–Trinajstić information content (AvgIpc) is 1.96. The van der Waals surface area contributed by atoms with Crippen molar-refractivity contribution in [3.05, 3.63) is 38.4 Å². The fourth-order valence-corrected chi connectivity index (χ4v) is 0.969. The van der Waals surface area contributed by atoms with Crippen LogP contribution in [0.1, 0.15) is 0 Å². The van der Waals surface area contributed by atoms with Crippen LogP contribution in [0.4, 0.5) is 5.69 Å². The molecule has 0 amide bonds. The molecule has 0 unspecified atom stereocenters. The van der Waals surface area contributed by atoms with E-state index < -0.39 is 5.03 Å². The van der Waals surface area contributed by atoms with Crippen molar-refractivity contribution in [1.29, 1.82) is 0 Å². The lowest BCUT2D eigenvalue weighted by molar-refractivity contribution is -0.445. The first kappa shape index (κ1) is 9.09. The minimum Gasteiger partial charge on any atom is -0.235 e. The standard InChI is InChI=1S/C6H4Cl2N2O2/c7-5-2-1-4(3-6(5)8)9-10(11)12/h1-3,9H. The molecule has 1 N–H and O–H groups in total. The van der Waals surface area contributed by atoms with E-state index in [4.69, 9.17) is 23.2 Å². The van der Waals surface area contributed by atoms with Gasteiger partial charge in [0.05, 0.1) is 10.0 Å². The summed E-state index contributed by atoms with van der Waals surface area (Å²) in [6, 6.07) is 4.33. The van der Waals surface area contributed by atoms with Crippen molar-refractivity contribution in [3.8, 4) is 0 Å². The molecule has 4 nitrogen and oxygen atoms in total. The molecule has 12 heavy (non-hydrogen) atoms. The Morgan fingerprint density at radius 1 is 1.33 bits per heavy atom. The Labute approximate surface area is 78.2 Å². The van der Waals surface area contributed by atoms with E-state index >= 15 is 0 Å². The summed E-state index contributed by atoms with van der Waals surface area (Å²) in [6.07, 6.45) is 0. The smallest absolute Gasteiger partial charge is 0.162 e. The molecule has 0 radical (unpaired) electrons. The number of nitrogens with one attached hydrogen (secondary N) is 1. The van der Waals surface area contributed by atoms with Crippen LogP contribution in [0.25, 0.3) is 0 Å². The number of nitrogens with zero attached hydrogens (tertiary/aromatic N) is 1. The molecule has 1 rings (SSSR count). The zero-order chi connectivity index (χ0) is 9.14. The number of benzene rings is 1. The molecule has 0 fully saturated rings. The first-order valence-corrected chi connectivity index (χ1v) is 3.71. The number of hydrogen-bond acceptors (Lipinski definition) is 2. The van der Waals surface area contributed by atoms with Crippen molar-refractivity contribution in [2.75, 3.05) is 5.43 Å². The van der Waals surface area contributed by atoms with Crippen LogP contribution in [0.3, 0.4) is 0 Å². The normalized spacial score (nSPS) is 9.50. The second kappa shape index (κ2) is 3.60. The van der Waals surface area contributed by atoms with Crippen LogP contribution < -0.4 is 5.43 Å². The van der Waals surface area contributed by atoms with Crippen LogP contribution in [0, 0.1) is 10.1 Å². The lowest BCUT2D eigenvalue weighted by atomic mass is 10.3. The van der Waals surface area contributed by atoms with Crippen LogP contribution in [0.15, 0.2) is 18.2 Å². The van der Waals surface area contributed by atoms with Crippen molar-refractivity contribution in [2.24, 2.45) is 0 Å². The summed E-state index contributed by atoms with van der Waals surface area (Å²) < 4.78 is 0. The summed E-state index contributed by atoms with van der Waals surface area (Å²) in [6.45, 7) is 0. The molecule has 0 aliphatic rings. The van der Waals surface area contributed by atoms with Gasteiger partial charge in [-0.05, 0) is 18.2 Å².